The van der Waals surface area contributed by atoms with Gasteiger partial charge in [0.05, 0.1) is 12.7 Å². The minimum atomic E-state index is -0.643. The summed E-state index contributed by atoms with van der Waals surface area (Å²) in [4.78, 5) is 24.5. The van der Waals surface area contributed by atoms with Gasteiger partial charge in [0.1, 0.15) is 11.5 Å². The molecule has 0 fully saturated rings. The molecule has 0 aliphatic carbocycles. The van der Waals surface area contributed by atoms with E-state index in [0.29, 0.717) is 11.3 Å². The number of ether oxygens (including phenoxy) is 2. The second-order valence-corrected chi connectivity index (χ2v) is 7.11. The van der Waals surface area contributed by atoms with Crippen molar-refractivity contribution < 1.29 is 19.1 Å². The van der Waals surface area contributed by atoms with E-state index in [1.165, 1.54) is 18.7 Å². The quantitative estimate of drug-likeness (QED) is 0.549. The fourth-order valence-corrected chi connectivity index (χ4v) is 3.49. The molecule has 1 heterocycles. The number of hydrogen-bond acceptors (Lipinski definition) is 4. The Morgan fingerprint density at radius 3 is 2.40 bits per heavy atom. The third-order valence-electron chi connectivity index (χ3n) is 5.15. The van der Waals surface area contributed by atoms with Crippen molar-refractivity contribution in [3.8, 4) is 11.5 Å². The maximum Gasteiger partial charge on any atom is 0.252 e. The van der Waals surface area contributed by atoms with Gasteiger partial charge < -0.3 is 19.8 Å². The summed E-state index contributed by atoms with van der Waals surface area (Å²) in [7, 11) is 1.50. The van der Waals surface area contributed by atoms with E-state index in [4.69, 9.17) is 15.2 Å². The number of nitrogens with zero attached hydrogens (tertiary/aromatic N) is 1. The lowest BCUT2D eigenvalue weighted by Crippen LogP contribution is -2.17. The Kier molecular flexibility index (Phi) is 6.57. The fraction of sp³-hybridized carbons (Fsp3) is 0.250. The van der Waals surface area contributed by atoms with E-state index in [2.05, 4.69) is 16.7 Å². The zero-order valence-electron chi connectivity index (χ0n) is 17.5. The summed E-state index contributed by atoms with van der Waals surface area (Å²) < 4.78 is 12.9. The predicted molar refractivity (Wildman–Crippen MR) is 115 cm³/mol. The first-order chi connectivity index (χ1) is 14.4. The maximum absolute atomic E-state index is 12.8. The van der Waals surface area contributed by atoms with Crippen molar-refractivity contribution in [1.82, 2.24) is 4.57 Å². The summed E-state index contributed by atoms with van der Waals surface area (Å²) in [6.07, 6.45) is 0.884. The van der Waals surface area contributed by atoms with Crippen molar-refractivity contribution in [2.24, 2.45) is 5.73 Å². The van der Waals surface area contributed by atoms with Gasteiger partial charge in [0.25, 0.3) is 5.91 Å². The Balaban J connectivity index is 1.71. The van der Waals surface area contributed by atoms with Crippen LogP contribution in [-0.2, 0) is 13.0 Å². The Labute approximate surface area is 176 Å². The number of rotatable bonds is 9. The van der Waals surface area contributed by atoms with Crippen molar-refractivity contribution in [1.29, 1.82) is 0 Å². The average Bonchev–Trinajstić information content (AvgIpc) is 3.04. The van der Waals surface area contributed by atoms with Gasteiger partial charge in [-0.25, -0.2) is 0 Å². The number of carbonyl (C=O) groups is 2. The standard InChI is InChI=1S/C24H26N2O4/c1-16-13-20(17(2)26(16)12-11-18-7-5-4-6-8-18)22(27)15-30-23-10-9-19(29-3)14-21(23)24(25)28/h4-10,13-14H,11-12,15H2,1-3H3,(H2,25,28). The summed E-state index contributed by atoms with van der Waals surface area (Å²) in [5, 5.41) is 0. The van der Waals surface area contributed by atoms with Gasteiger partial charge >= 0.3 is 0 Å². The van der Waals surface area contributed by atoms with Crippen LogP contribution >= 0.6 is 0 Å². The van der Waals surface area contributed by atoms with Gasteiger partial charge in [0.2, 0.25) is 5.78 Å². The molecule has 1 aromatic heterocycles. The Bertz CT molecular complexity index is 1050. The second kappa shape index (κ2) is 9.31. The molecule has 1 amide bonds. The number of methoxy groups -OCH3 is 1. The van der Waals surface area contributed by atoms with Gasteiger partial charge in [0, 0.05) is 23.5 Å². The molecule has 0 saturated carbocycles. The van der Waals surface area contributed by atoms with Crippen LogP contribution in [-0.4, -0.2) is 30.0 Å². The maximum atomic E-state index is 12.8. The first kappa shape index (κ1) is 21.2. The molecule has 0 radical (unpaired) electrons. The summed E-state index contributed by atoms with van der Waals surface area (Å²) in [6, 6.07) is 16.9. The molecule has 0 bridgehead atoms. The lowest BCUT2D eigenvalue weighted by Gasteiger charge is -2.11. The van der Waals surface area contributed by atoms with Crippen LogP contribution in [0.15, 0.2) is 54.6 Å². The van der Waals surface area contributed by atoms with Crippen molar-refractivity contribution >= 4 is 11.7 Å². The highest BCUT2D eigenvalue weighted by atomic mass is 16.5. The summed E-state index contributed by atoms with van der Waals surface area (Å²) in [5.74, 6) is -0.0466. The number of ketones is 1. The molecule has 0 unspecified atom stereocenters. The van der Waals surface area contributed by atoms with Crippen LogP contribution in [0.25, 0.3) is 0 Å². The molecule has 156 valence electrons. The molecule has 0 aliphatic rings. The number of hydrogen-bond donors (Lipinski definition) is 1. The first-order valence-electron chi connectivity index (χ1n) is 9.75. The molecule has 2 aromatic carbocycles. The predicted octanol–water partition coefficient (Wildman–Crippen LogP) is 3.72. The number of amides is 1. The van der Waals surface area contributed by atoms with E-state index in [1.54, 1.807) is 12.1 Å². The van der Waals surface area contributed by atoms with Crippen LogP contribution in [0.4, 0.5) is 0 Å². The molecule has 30 heavy (non-hydrogen) atoms. The van der Waals surface area contributed by atoms with Crippen molar-refractivity contribution in [2.45, 2.75) is 26.8 Å². The third-order valence-corrected chi connectivity index (χ3v) is 5.15. The molecule has 6 heteroatoms. The van der Waals surface area contributed by atoms with E-state index < -0.39 is 5.91 Å². The number of nitrogens with two attached hydrogens (primary N) is 1. The zero-order chi connectivity index (χ0) is 21.7. The van der Waals surface area contributed by atoms with Crippen LogP contribution < -0.4 is 15.2 Å². The number of Topliss-reactive ketones (excluding diaryl/α,β-unsaturated/α-hetero) is 1. The lowest BCUT2D eigenvalue weighted by atomic mass is 10.1. The lowest BCUT2D eigenvalue weighted by molar-refractivity contribution is 0.0911. The number of aromatic nitrogens is 1. The van der Waals surface area contributed by atoms with E-state index in [0.717, 1.165) is 24.4 Å². The van der Waals surface area contributed by atoms with E-state index in [9.17, 15) is 9.59 Å². The van der Waals surface area contributed by atoms with Crippen LogP contribution in [0.1, 0.15) is 37.7 Å². The van der Waals surface area contributed by atoms with Crippen LogP contribution in [0.5, 0.6) is 11.5 Å². The normalized spacial score (nSPS) is 10.6. The summed E-state index contributed by atoms with van der Waals surface area (Å²) in [6.45, 7) is 4.54. The van der Waals surface area contributed by atoms with Gasteiger partial charge in [-0.3, -0.25) is 9.59 Å². The van der Waals surface area contributed by atoms with Gasteiger partial charge in [-0.1, -0.05) is 30.3 Å². The molecular weight excluding hydrogens is 380 g/mol. The molecule has 0 atom stereocenters. The van der Waals surface area contributed by atoms with Crippen molar-refractivity contribution in [3.05, 3.63) is 82.7 Å². The van der Waals surface area contributed by atoms with Crippen molar-refractivity contribution in [3.63, 3.8) is 0 Å². The Hall–Kier alpha value is -3.54. The first-order valence-corrected chi connectivity index (χ1v) is 9.75. The van der Waals surface area contributed by atoms with Gasteiger partial charge in [-0.15, -0.1) is 0 Å². The fourth-order valence-electron chi connectivity index (χ4n) is 3.49. The van der Waals surface area contributed by atoms with E-state index >= 15 is 0 Å². The van der Waals surface area contributed by atoms with E-state index in [1.807, 2.05) is 38.1 Å². The van der Waals surface area contributed by atoms with Gasteiger partial charge in [-0.2, -0.15) is 0 Å². The topological polar surface area (TPSA) is 83.6 Å². The minimum Gasteiger partial charge on any atom is -0.497 e. The number of benzene rings is 2. The van der Waals surface area contributed by atoms with E-state index in [-0.39, 0.29) is 23.7 Å². The monoisotopic (exact) mass is 406 g/mol. The molecular formula is C24H26N2O4. The largest absolute Gasteiger partial charge is 0.497 e. The van der Waals surface area contributed by atoms with Crippen LogP contribution in [0, 0.1) is 13.8 Å². The second-order valence-electron chi connectivity index (χ2n) is 7.11. The average molecular weight is 406 g/mol. The van der Waals surface area contributed by atoms with Crippen LogP contribution in [0.2, 0.25) is 0 Å². The number of primary amides is 1. The highest BCUT2D eigenvalue weighted by molar-refractivity contribution is 5.99. The number of aryl methyl sites for hydroxylation is 2. The minimum absolute atomic E-state index is 0.153. The Morgan fingerprint density at radius 1 is 1.00 bits per heavy atom. The molecule has 3 aromatic rings. The zero-order valence-corrected chi connectivity index (χ0v) is 17.5. The van der Waals surface area contributed by atoms with Crippen LogP contribution in [0.3, 0.4) is 0 Å². The van der Waals surface area contributed by atoms with Gasteiger partial charge in [0.15, 0.2) is 6.61 Å². The molecule has 0 spiro atoms. The Morgan fingerprint density at radius 2 is 1.73 bits per heavy atom. The molecule has 0 aliphatic heterocycles. The van der Waals surface area contributed by atoms with Gasteiger partial charge in [-0.05, 0) is 50.1 Å². The summed E-state index contributed by atoms with van der Waals surface area (Å²) >= 11 is 0. The van der Waals surface area contributed by atoms with Crippen molar-refractivity contribution in [2.75, 3.05) is 13.7 Å². The highest BCUT2D eigenvalue weighted by Gasteiger charge is 2.18. The molecule has 2 N–H and O–H groups in total. The smallest absolute Gasteiger partial charge is 0.252 e. The number of carbonyl (C=O) groups excluding carboxylic acids is 2. The summed E-state index contributed by atoms with van der Waals surface area (Å²) in [5.41, 5.74) is 9.39. The third kappa shape index (κ3) is 4.71. The molecule has 0 saturated heterocycles. The SMILES string of the molecule is COc1ccc(OCC(=O)c2cc(C)n(CCc3ccccc3)c2C)c(C(N)=O)c1. The molecule has 6 nitrogen and oxygen atoms in total. The highest BCUT2D eigenvalue weighted by Crippen LogP contribution is 2.24. The molecule has 3 rings (SSSR count).